The van der Waals surface area contributed by atoms with Crippen molar-refractivity contribution in [2.75, 3.05) is 20.2 Å². The number of hydrogen-bond donors (Lipinski definition) is 0. The average Bonchev–Trinajstić information content (AvgIpc) is 3.29. The first-order valence-corrected chi connectivity index (χ1v) is 9.59. The molecule has 0 aliphatic carbocycles. The summed E-state index contributed by atoms with van der Waals surface area (Å²) in [4.78, 5) is 23.7. The van der Waals surface area contributed by atoms with Gasteiger partial charge in [0.25, 0.3) is 0 Å². The number of amides is 1. The fourth-order valence-corrected chi connectivity index (χ4v) is 3.68. The maximum atomic E-state index is 12.8. The summed E-state index contributed by atoms with van der Waals surface area (Å²) >= 11 is 0. The fourth-order valence-electron chi connectivity index (χ4n) is 3.68. The number of rotatable bonds is 5. The van der Waals surface area contributed by atoms with Gasteiger partial charge in [-0.3, -0.25) is 9.36 Å². The molecule has 0 saturated carbocycles. The Hall–Kier alpha value is -3.15. The van der Waals surface area contributed by atoms with Crippen LogP contribution in [0.3, 0.4) is 0 Å². The molecule has 4 rings (SSSR count). The van der Waals surface area contributed by atoms with Gasteiger partial charge in [-0.05, 0) is 42.7 Å². The van der Waals surface area contributed by atoms with Crippen molar-refractivity contribution in [2.24, 2.45) is 0 Å². The molecule has 1 unspecified atom stereocenters. The van der Waals surface area contributed by atoms with Gasteiger partial charge in [-0.25, -0.2) is 9.97 Å². The first-order chi connectivity index (χ1) is 13.7. The lowest BCUT2D eigenvalue weighted by atomic mass is 9.93. The number of ether oxygens (including phenoxy) is 1. The Kier molecular flexibility index (Phi) is 5.37. The maximum Gasteiger partial charge on any atom is 0.227 e. The number of nitrogens with zero attached hydrogens (tertiary/aromatic N) is 4. The molecule has 0 N–H and O–H groups in total. The van der Waals surface area contributed by atoms with Gasteiger partial charge in [0.05, 0.1) is 13.5 Å². The summed E-state index contributed by atoms with van der Waals surface area (Å²) in [6.07, 6.45) is 7.84. The van der Waals surface area contributed by atoms with Crippen molar-refractivity contribution in [3.05, 3.63) is 72.4 Å². The largest absolute Gasteiger partial charge is 0.497 e. The van der Waals surface area contributed by atoms with E-state index < -0.39 is 0 Å². The topological polar surface area (TPSA) is 60.2 Å². The summed E-state index contributed by atoms with van der Waals surface area (Å²) in [6, 6.07) is 13.8. The molecule has 3 aromatic rings. The minimum absolute atomic E-state index is 0.167. The van der Waals surface area contributed by atoms with E-state index in [1.807, 2.05) is 52.1 Å². The standard InChI is InChI=1S/C22H24N4O2/c1-28-19-9-7-17(8-10-19)14-22(27)25-12-3-4-18(15-25)20-5-2-6-21(24-20)26-13-11-23-16-26/h2,5-11,13,16,18H,3-4,12,14-15H2,1H3. The van der Waals surface area contributed by atoms with Gasteiger partial charge in [0.15, 0.2) is 0 Å². The number of methoxy groups -OCH3 is 1. The predicted molar refractivity (Wildman–Crippen MR) is 107 cm³/mol. The first-order valence-electron chi connectivity index (χ1n) is 9.59. The molecule has 6 heteroatoms. The summed E-state index contributed by atoms with van der Waals surface area (Å²) < 4.78 is 7.08. The van der Waals surface area contributed by atoms with Crippen LogP contribution in [0.2, 0.25) is 0 Å². The van der Waals surface area contributed by atoms with Gasteiger partial charge in [-0.2, -0.15) is 0 Å². The molecule has 28 heavy (non-hydrogen) atoms. The van der Waals surface area contributed by atoms with Crippen molar-refractivity contribution in [2.45, 2.75) is 25.2 Å². The average molecular weight is 376 g/mol. The van der Waals surface area contributed by atoms with Crippen LogP contribution < -0.4 is 4.74 Å². The summed E-state index contributed by atoms with van der Waals surface area (Å²) in [7, 11) is 1.64. The van der Waals surface area contributed by atoms with Crippen LogP contribution in [0.15, 0.2) is 61.2 Å². The van der Waals surface area contributed by atoms with Crippen molar-refractivity contribution in [1.82, 2.24) is 19.4 Å². The molecule has 0 radical (unpaired) electrons. The molecule has 1 fully saturated rings. The van der Waals surface area contributed by atoms with Crippen LogP contribution in [0.25, 0.3) is 5.82 Å². The fraction of sp³-hybridized carbons (Fsp3) is 0.318. The van der Waals surface area contributed by atoms with Crippen molar-refractivity contribution >= 4 is 5.91 Å². The summed E-state index contributed by atoms with van der Waals surface area (Å²) in [5.74, 6) is 2.09. The van der Waals surface area contributed by atoms with Crippen molar-refractivity contribution in [3.63, 3.8) is 0 Å². The lowest BCUT2D eigenvalue weighted by Gasteiger charge is -2.32. The summed E-state index contributed by atoms with van der Waals surface area (Å²) in [5.41, 5.74) is 2.04. The molecule has 0 bridgehead atoms. The number of likely N-dealkylation sites (tertiary alicyclic amines) is 1. The van der Waals surface area contributed by atoms with Gasteiger partial charge in [0.1, 0.15) is 17.9 Å². The van der Waals surface area contributed by atoms with E-state index >= 15 is 0 Å². The normalized spacial score (nSPS) is 16.8. The Labute approximate surface area is 164 Å². The van der Waals surface area contributed by atoms with E-state index in [2.05, 4.69) is 11.1 Å². The number of carbonyl (C=O) groups excluding carboxylic acids is 1. The van der Waals surface area contributed by atoms with Crippen LogP contribution in [-0.2, 0) is 11.2 Å². The minimum Gasteiger partial charge on any atom is -0.497 e. The van der Waals surface area contributed by atoms with E-state index in [4.69, 9.17) is 9.72 Å². The number of piperidine rings is 1. The highest BCUT2D eigenvalue weighted by molar-refractivity contribution is 5.79. The molecule has 144 valence electrons. The van der Waals surface area contributed by atoms with Crippen LogP contribution in [-0.4, -0.2) is 45.5 Å². The second kappa shape index (κ2) is 8.25. The minimum atomic E-state index is 0.167. The van der Waals surface area contributed by atoms with E-state index in [1.165, 1.54) is 0 Å². The summed E-state index contributed by atoms with van der Waals surface area (Å²) in [6.45, 7) is 1.53. The Balaban J connectivity index is 1.44. The van der Waals surface area contributed by atoms with E-state index in [1.54, 1.807) is 19.6 Å². The Bertz CT molecular complexity index is 922. The SMILES string of the molecule is COc1ccc(CC(=O)N2CCCC(c3cccc(-n4ccnc4)n3)C2)cc1. The maximum absolute atomic E-state index is 12.8. The zero-order valence-electron chi connectivity index (χ0n) is 16.0. The van der Waals surface area contributed by atoms with Gasteiger partial charge in [-0.15, -0.1) is 0 Å². The zero-order chi connectivity index (χ0) is 19.3. The van der Waals surface area contributed by atoms with Crippen LogP contribution in [0, 0.1) is 0 Å². The number of aromatic nitrogens is 3. The summed E-state index contributed by atoms with van der Waals surface area (Å²) in [5, 5.41) is 0. The molecule has 1 saturated heterocycles. The van der Waals surface area contributed by atoms with Crippen LogP contribution in [0.1, 0.15) is 30.0 Å². The van der Waals surface area contributed by atoms with Gasteiger partial charge >= 0.3 is 0 Å². The molecule has 0 spiro atoms. The van der Waals surface area contributed by atoms with E-state index in [0.717, 1.165) is 48.8 Å². The third-order valence-corrected chi connectivity index (χ3v) is 5.23. The third-order valence-electron chi connectivity index (χ3n) is 5.23. The number of imidazole rings is 1. The second-order valence-corrected chi connectivity index (χ2v) is 7.09. The van der Waals surface area contributed by atoms with E-state index in [0.29, 0.717) is 6.42 Å². The Morgan fingerprint density at radius 1 is 1.21 bits per heavy atom. The van der Waals surface area contributed by atoms with Crippen LogP contribution >= 0.6 is 0 Å². The lowest BCUT2D eigenvalue weighted by molar-refractivity contribution is -0.131. The Morgan fingerprint density at radius 3 is 2.82 bits per heavy atom. The van der Waals surface area contributed by atoms with E-state index in [9.17, 15) is 4.79 Å². The molecular weight excluding hydrogens is 352 g/mol. The number of carbonyl (C=O) groups is 1. The predicted octanol–water partition coefficient (Wildman–Crippen LogP) is 3.22. The third kappa shape index (κ3) is 4.06. The molecule has 1 aromatic carbocycles. The van der Waals surface area contributed by atoms with Gasteiger partial charge in [-0.1, -0.05) is 18.2 Å². The first kappa shape index (κ1) is 18.2. The highest BCUT2D eigenvalue weighted by Gasteiger charge is 2.25. The lowest BCUT2D eigenvalue weighted by Crippen LogP contribution is -2.40. The zero-order valence-corrected chi connectivity index (χ0v) is 16.0. The van der Waals surface area contributed by atoms with Crippen molar-refractivity contribution < 1.29 is 9.53 Å². The molecule has 1 atom stereocenters. The molecule has 1 aliphatic heterocycles. The highest BCUT2D eigenvalue weighted by atomic mass is 16.5. The molecular formula is C22H24N4O2. The Morgan fingerprint density at radius 2 is 2.07 bits per heavy atom. The number of pyridine rings is 1. The van der Waals surface area contributed by atoms with Gasteiger partial charge < -0.3 is 9.64 Å². The quantitative estimate of drug-likeness (QED) is 0.686. The molecule has 2 aromatic heterocycles. The molecule has 1 aliphatic rings. The molecule has 6 nitrogen and oxygen atoms in total. The molecule has 1 amide bonds. The second-order valence-electron chi connectivity index (χ2n) is 7.09. The highest BCUT2D eigenvalue weighted by Crippen LogP contribution is 2.27. The smallest absolute Gasteiger partial charge is 0.227 e. The van der Waals surface area contributed by atoms with Gasteiger partial charge in [0.2, 0.25) is 5.91 Å². The molecule has 3 heterocycles. The van der Waals surface area contributed by atoms with Crippen LogP contribution in [0.5, 0.6) is 5.75 Å². The van der Waals surface area contributed by atoms with E-state index in [-0.39, 0.29) is 11.8 Å². The number of hydrogen-bond acceptors (Lipinski definition) is 4. The van der Waals surface area contributed by atoms with Gasteiger partial charge in [0, 0.05) is 37.1 Å². The van der Waals surface area contributed by atoms with Crippen LogP contribution in [0.4, 0.5) is 0 Å². The van der Waals surface area contributed by atoms with Crippen molar-refractivity contribution in [1.29, 1.82) is 0 Å². The van der Waals surface area contributed by atoms with Crippen molar-refractivity contribution in [3.8, 4) is 11.6 Å². The monoisotopic (exact) mass is 376 g/mol. The number of benzene rings is 1.